The van der Waals surface area contributed by atoms with E-state index in [1.54, 1.807) is 0 Å². The van der Waals surface area contributed by atoms with E-state index in [1.807, 2.05) is 0 Å². The number of hydrogen-bond acceptors (Lipinski definition) is 3. The Hall–Kier alpha value is -1.22. The van der Waals surface area contributed by atoms with Crippen molar-refractivity contribution in [2.24, 2.45) is 5.73 Å². The van der Waals surface area contributed by atoms with Gasteiger partial charge in [0.2, 0.25) is 0 Å². The van der Waals surface area contributed by atoms with E-state index >= 15 is 0 Å². The van der Waals surface area contributed by atoms with E-state index in [0.29, 0.717) is 0 Å². The molecule has 3 heteroatoms. The number of nitrogens with one attached hydrogen (secondary N) is 2. The molecular weight excluding hydrogens is 186 g/mol. The standard InChI is InChI=1S/C12H21N3/c1-2-14-11-5-7-12(8-6-11)15-10-4-3-9-13/h5-8,14-15H,2-4,9-10,13H2,1H3. The van der Waals surface area contributed by atoms with Crippen molar-refractivity contribution in [1.29, 1.82) is 0 Å². The van der Waals surface area contributed by atoms with Gasteiger partial charge in [-0.2, -0.15) is 0 Å². The molecule has 4 N–H and O–H groups in total. The Morgan fingerprint density at radius 2 is 1.60 bits per heavy atom. The lowest BCUT2D eigenvalue weighted by atomic mass is 10.2. The van der Waals surface area contributed by atoms with E-state index in [2.05, 4.69) is 41.8 Å². The Morgan fingerprint density at radius 3 is 2.13 bits per heavy atom. The molecule has 0 radical (unpaired) electrons. The minimum atomic E-state index is 0.779. The van der Waals surface area contributed by atoms with Gasteiger partial charge in [-0.05, 0) is 50.6 Å². The summed E-state index contributed by atoms with van der Waals surface area (Å²) in [4.78, 5) is 0. The molecule has 15 heavy (non-hydrogen) atoms. The summed E-state index contributed by atoms with van der Waals surface area (Å²) < 4.78 is 0. The monoisotopic (exact) mass is 207 g/mol. The van der Waals surface area contributed by atoms with Gasteiger partial charge >= 0.3 is 0 Å². The Kier molecular flexibility index (Phi) is 5.63. The fourth-order valence-corrected chi connectivity index (χ4v) is 1.41. The van der Waals surface area contributed by atoms with Crippen molar-refractivity contribution in [3.63, 3.8) is 0 Å². The zero-order chi connectivity index (χ0) is 10.9. The molecule has 0 spiro atoms. The van der Waals surface area contributed by atoms with Crippen molar-refractivity contribution in [2.45, 2.75) is 19.8 Å². The zero-order valence-corrected chi connectivity index (χ0v) is 9.42. The van der Waals surface area contributed by atoms with Crippen LogP contribution in [0.15, 0.2) is 24.3 Å². The van der Waals surface area contributed by atoms with Crippen LogP contribution in [0.2, 0.25) is 0 Å². The van der Waals surface area contributed by atoms with E-state index in [4.69, 9.17) is 5.73 Å². The van der Waals surface area contributed by atoms with Gasteiger partial charge in [-0.15, -0.1) is 0 Å². The predicted molar refractivity (Wildman–Crippen MR) is 67.4 cm³/mol. The van der Waals surface area contributed by atoms with E-state index in [-0.39, 0.29) is 0 Å². The maximum Gasteiger partial charge on any atom is 0.0341 e. The topological polar surface area (TPSA) is 50.1 Å². The van der Waals surface area contributed by atoms with Gasteiger partial charge in [-0.3, -0.25) is 0 Å². The maximum atomic E-state index is 5.43. The second-order valence-corrected chi connectivity index (χ2v) is 3.53. The van der Waals surface area contributed by atoms with Gasteiger partial charge in [0.25, 0.3) is 0 Å². The number of rotatable bonds is 7. The predicted octanol–water partition coefficient (Wildman–Crippen LogP) is 2.27. The van der Waals surface area contributed by atoms with Crippen LogP contribution >= 0.6 is 0 Å². The van der Waals surface area contributed by atoms with Crippen LogP contribution in [-0.2, 0) is 0 Å². The smallest absolute Gasteiger partial charge is 0.0341 e. The lowest BCUT2D eigenvalue weighted by molar-refractivity contribution is 0.774. The van der Waals surface area contributed by atoms with Crippen LogP contribution in [0.25, 0.3) is 0 Å². The van der Waals surface area contributed by atoms with Crippen LogP contribution < -0.4 is 16.4 Å². The van der Waals surface area contributed by atoms with Gasteiger partial charge in [-0.25, -0.2) is 0 Å². The molecule has 84 valence electrons. The molecule has 0 fully saturated rings. The lowest BCUT2D eigenvalue weighted by Crippen LogP contribution is -2.05. The highest BCUT2D eigenvalue weighted by Gasteiger charge is 1.92. The lowest BCUT2D eigenvalue weighted by Gasteiger charge is -2.07. The molecule has 1 rings (SSSR count). The van der Waals surface area contributed by atoms with Gasteiger partial charge in [0.15, 0.2) is 0 Å². The zero-order valence-electron chi connectivity index (χ0n) is 9.42. The molecule has 0 aromatic heterocycles. The van der Waals surface area contributed by atoms with E-state index in [9.17, 15) is 0 Å². The SMILES string of the molecule is CCNc1ccc(NCCCCN)cc1. The number of hydrogen-bond donors (Lipinski definition) is 3. The number of nitrogens with two attached hydrogens (primary N) is 1. The molecular formula is C12H21N3. The van der Waals surface area contributed by atoms with Gasteiger partial charge in [0, 0.05) is 24.5 Å². The fraction of sp³-hybridized carbons (Fsp3) is 0.500. The molecule has 0 heterocycles. The van der Waals surface area contributed by atoms with Gasteiger partial charge in [0.1, 0.15) is 0 Å². The normalized spacial score (nSPS) is 10.0. The van der Waals surface area contributed by atoms with Crippen LogP contribution in [0, 0.1) is 0 Å². The summed E-state index contributed by atoms with van der Waals surface area (Å²) in [6.45, 7) is 4.83. The maximum absolute atomic E-state index is 5.43. The summed E-state index contributed by atoms with van der Waals surface area (Å²) in [5.41, 5.74) is 7.77. The first kappa shape index (κ1) is 11.9. The molecule has 3 nitrogen and oxygen atoms in total. The number of benzene rings is 1. The van der Waals surface area contributed by atoms with Crippen molar-refractivity contribution in [2.75, 3.05) is 30.3 Å². The molecule has 0 unspecified atom stereocenters. The molecule has 1 aromatic carbocycles. The molecule has 1 aromatic rings. The average molecular weight is 207 g/mol. The summed E-state index contributed by atoms with van der Waals surface area (Å²) >= 11 is 0. The minimum Gasteiger partial charge on any atom is -0.385 e. The summed E-state index contributed by atoms with van der Waals surface area (Å²) in [5, 5.41) is 6.63. The molecule has 0 aliphatic rings. The molecule has 0 saturated heterocycles. The van der Waals surface area contributed by atoms with Crippen LogP contribution in [0.5, 0.6) is 0 Å². The summed E-state index contributed by atoms with van der Waals surface area (Å²) in [7, 11) is 0. The van der Waals surface area contributed by atoms with Crippen LogP contribution in [0.1, 0.15) is 19.8 Å². The number of anilines is 2. The highest BCUT2D eigenvalue weighted by atomic mass is 14.9. The van der Waals surface area contributed by atoms with Gasteiger partial charge < -0.3 is 16.4 Å². The van der Waals surface area contributed by atoms with Crippen molar-refractivity contribution < 1.29 is 0 Å². The van der Waals surface area contributed by atoms with Crippen molar-refractivity contribution >= 4 is 11.4 Å². The van der Waals surface area contributed by atoms with Crippen LogP contribution in [-0.4, -0.2) is 19.6 Å². The Bertz CT molecular complexity index is 256. The van der Waals surface area contributed by atoms with Crippen LogP contribution in [0.4, 0.5) is 11.4 Å². The first-order chi connectivity index (χ1) is 7.36. The van der Waals surface area contributed by atoms with Crippen molar-refractivity contribution in [1.82, 2.24) is 0 Å². The number of unbranched alkanes of at least 4 members (excludes halogenated alkanes) is 1. The Morgan fingerprint density at radius 1 is 1.00 bits per heavy atom. The van der Waals surface area contributed by atoms with Crippen molar-refractivity contribution in [3.8, 4) is 0 Å². The first-order valence-electron chi connectivity index (χ1n) is 5.64. The van der Waals surface area contributed by atoms with Gasteiger partial charge in [0.05, 0.1) is 0 Å². The average Bonchev–Trinajstić information content (AvgIpc) is 2.27. The van der Waals surface area contributed by atoms with E-state index in [0.717, 1.165) is 32.5 Å². The quantitative estimate of drug-likeness (QED) is 0.601. The van der Waals surface area contributed by atoms with E-state index < -0.39 is 0 Å². The second-order valence-electron chi connectivity index (χ2n) is 3.53. The molecule has 0 aliphatic carbocycles. The Balaban J connectivity index is 2.29. The first-order valence-corrected chi connectivity index (χ1v) is 5.64. The minimum absolute atomic E-state index is 0.779. The summed E-state index contributed by atoms with van der Waals surface area (Å²) in [5.74, 6) is 0. The fourth-order valence-electron chi connectivity index (χ4n) is 1.41. The molecule has 0 bridgehead atoms. The highest BCUT2D eigenvalue weighted by molar-refractivity contribution is 5.53. The van der Waals surface area contributed by atoms with Crippen LogP contribution in [0.3, 0.4) is 0 Å². The molecule has 0 aliphatic heterocycles. The third-order valence-electron chi connectivity index (χ3n) is 2.23. The summed E-state index contributed by atoms with van der Waals surface area (Å²) in [6, 6.07) is 8.38. The molecule has 0 saturated carbocycles. The second kappa shape index (κ2) is 7.12. The van der Waals surface area contributed by atoms with Gasteiger partial charge in [-0.1, -0.05) is 0 Å². The largest absolute Gasteiger partial charge is 0.385 e. The van der Waals surface area contributed by atoms with E-state index in [1.165, 1.54) is 11.4 Å². The Labute approximate surface area is 92.1 Å². The third-order valence-corrected chi connectivity index (χ3v) is 2.23. The molecule has 0 amide bonds. The summed E-state index contributed by atoms with van der Waals surface area (Å²) in [6.07, 6.45) is 2.22. The highest BCUT2D eigenvalue weighted by Crippen LogP contribution is 2.13. The molecule has 0 atom stereocenters. The third kappa shape index (κ3) is 4.70. The van der Waals surface area contributed by atoms with Crippen molar-refractivity contribution in [3.05, 3.63) is 24.3 Å².